The van der Waals surface area contributed by atoms with E-state index in [1.807, 2.05) is 0 Å². The molecule has 3 aromatic heterocycles. The molecule has 0 radical (unpaired) electrons. The Hall–Kier alpha value is -5.52. The van der Waals surface area contributed by atoms with Gasteiger partial charge in [-0.25, -0.2) is 26.9 Å². The molecule has 6 N–H and O–H groups in total. The smallest absolute Gasteiger partial charge is 0.394 e. The zero-order valence-electron chi connectivity index (χ0n) is 29.2. The number of carbonyl (C=O) groups is 1. The molecule has 1 fully saturated rings. The van der Waals surface area contributed by atoms with Crippen LogP contribution in [0.25, 0.3) is 22.0 Å². The van der Waals surface area contributed by atoms with Gasteiger partial charge in [0, 0.05) is 47.0 Å². The van der Waals surface area contributed by atoms with Gasteiger partial charge in [0.15, 0.2) is 11.5 Å². The maximum absolute atomic E-state index is 16.0. The molecule has 0 spiro atoms. The van der Waals surface area contributed by atoms with Crippen LogP contribution >= 0.6 is 0 Å². The van der Waals surface area contributed by atoms with Gasteiger partial charge in [-0.3, -0.25) is 14.2 Å². The molecule has 1 unspecified atom stereocenters. The van der Waals surface area contributed by atoms with E-state index in [4.69, 9.17) is 11.5 Å². The van der Waals surface area contributed by atoms with Crippen LogP contribution in [-0.2, 0) is 40.4 Å². The van der Waals surface area contributed by atoms with Gasteiger partial charge in [0.05, 0.1) is 30.1 Å². The number of anilines is 1. The van der Waals surface area contributed by atoms with Crippen molar-refractivity contribution >= 4 is 32.7 Å². The summed E-state index contributed by atoms with van der Waals surface area (Å²) in [5, 5.41) is 17.6. The third-order valence-electron chi connectivity index (χ3n) is 9.77. The summed E-state index contributed by atoms with van der Waals surface area (Å²) in [6.45, 7) is -0.552. The predicted molar refractivity (Wildman–Crippen MR) is 187 cm³/mol. The minimum Gasteiger partial charge on any atom is -0.394 e. The summed E-state index contributed by atoms with van der Waals surface area (Å²) in [4.78, 5) is 18.3. The van der Waals surface area contributed by atoms with Crippen LogP contribution in [0.3, 0.4) is 0 Å². The fraction of sp³-hybridized carbons (Fsp3) is 0.333. The molecular weight excluding hydrogens is 774 g/mol. The lowest BCUT2D eigenvalue weighted by molar-refractivity contribution is -0.142. The van der Waals surface area contributed by atoms with E-state index in [0.29, 0.717) is 6.07 Å². The number of carbonyl (C=O) groups excluding carboxylic acids is 1. The Morgan fingerprint density at radius 3 is 2.43 bits per heavy atom. The van der Waals surface area contributed by atoms with E-state index in [-0.39, 0.29) is 55.9 Å². The Morgan fingerprint density at radius 1 is 1.11 bits per heavy atom. The molecule has 2 aliphatic carbocycles. The summed E-state index contributed by atoms with van der Waals surface area (Å²) in [7, 11) is -2.35. The van der Waals surface area contributed by atoms with Crippen LogP contribution in [0.2, 0.25) is 0 Å². The molecule has 2 aliphatic rings. The van der Waals surface area contributed by atoms with E-state index >= 15 is 8.78 Å². The van der Waals surface area contributed by atoms with E-state index in [1.54, 1.807) is 12.1 Å². The Balaban J connectivity index is 1.55. The molecule has 7 rings (SSSR count). The van der Waals surface area contributed by atoms with Crippen molar-refractivity contribution in [2.75, 3.05) is 17.6 Å². The van der Waals surface area contributed by atoms with Crippen molar-refractivity contribution in [3.63, 3.8) is 0 Å². The van der Waals surface area contributed by atoms with Crippen molar-refractivity contribution in [2.45, 2.75) is 48.9 Å². The van der Waals surface area contributed by atoms with Crippen LogP contribution in [-0.4, -0.2) is 62.9 Å². The van der Waals surface area contributed by atoms with Crippen LogP contribution in [0.4, 0.5) is 36.6 Å². The summed E-state index contributed by atoms with van der Waals surface area (Å²) >= 11 is 0. The number of aromatic nitrogens is 5. The molecular formula is C36H31F7N8O4S. The monoisotopic (exact) mass is 804 g/mol. The Labute approximate surface area is 313 Å². The van der Waals surface area contributed by atoms with Gasteiger partial charge >= 0.3 is 6.18 Å². The maximum atomic E-state index is 16.0. The molecule has 1 saturated carbocycles. The van der Waals surface area contributed by atoms with Gasteiger partial charge in [0.25, 0.3) is 5.92 Å². The quantitative estimate of drug-likeness (QED) is 0.118. The van der Waals surface area contributed by atoms with Crippen molar-refractivity contribution in [1.82, 2.24) is 24.5 Å². The number of fused-ring (bicyclic) bond motifs is 4. The number of para-hydroxylation sites is 1. The predicted octanol–water partition coefficient (Wildman–Crippen LogP) is 4.43. The lowest BCUT2D eigenvalue weighted by Gasteiger charge is -2.29. The van der Waals surface area contributed by atoms with Crippen LogP contribution < -0.4 is 16.2 Å². The van der Waals surface area contributed by atoms with Crippen molar-refractivity contribution in [1.29, 1.82) is 0 Å². The van der Waals surface area contributed by atoms with E-state index < -0.39 is 99.5 Å². The summed E-state index contributed by atoms with van der Waals surface area (Å²) in [5.74, 6) is -6.61. The molecule has 1 amide bonds. The third kappa shape index (κ3) is 6.94. The normalized spacial score (nSPS) is 18.8. The van der Waals surface area contributed by atoms with Crippen LogP contribution in [0.5, 0.6) is 0 Å². The molecule has 20 heteroatoms. The Bertz CT molecular complexity index is 2580. The zero-order valence-corrected chi connectivity index (χ0v) is 30.1. The van der Waals surface area contributed by atoms with Crippen molar-refractivity contribution in [3.8, 4) is 23.0 Å². The van der Waals surface area contributed by atoms with E-state index in [2.05, 4.69) is 31.7 Å². The zero-order chi connectivity index (χ0) is 40.6. The number of aryl methyl sites for hydroxylation is 1. The number of nitrogens with two attached hydrogens (primary N) is 2. The molecule has 0 bridgehead atoms. The SMILES string of the molecule is Cn1nc(NS(C)(=O)=O)c2cccc(-c3ccc(C#C[C@@H](N)CO)nc3[C@@H](Cc3cc(F)cc(F)c3)C(C(N)=O)n3nc(C(F)(F)F)c4c3C(F)(F)[C@@H]3C[C@H]43)c21. The van der Waals surface area contributed by atoms with Crippen molar-refractivity contribution in [2.24, 2.45) is 24.4 Å². The van der Waals surface area contributed by atoms with E-state index in [1.165, 1.54) is 29.9 Å². The number of nitrogens with zero attached hydrogens (tertiary/aromatic N) is 5. The number of pyridine rings is 1. The minimum atomic E-state index is -5.22. The number of amides is 1. The number of benzene rings is 2. The molecule has 5 aromatic rings. The van der Waals surface area contributed by atoms with Gasteiger partial charge in [0.2, 0.25) is 15.9 Å². The summed E-state index contributed by atoms with van der Waals surface area (Å²) < 4.78 is 133. The molecule has 5 atom stereocenters. The highest BCUT2D eigenvalue weighted by Crippen LogP contribution is 2.69. The highest BCUT2D eigenvalue weighted by molar-refractivity contribution is 7.92. The lowest BCUT2D eigenvalue weighted by Crippen LogP contribution is -2.37. The number of aliphatic hydroxyl groups excluding tert-OH is 1. The van der Waals surface area contributed by atoms with Crippen LogP contribution in [0.15, 0.2) is 48.5 Å². The second kappa shape index (κ2) is 13.6. The number of rotatable bonds is 10. The summed E-state index contributed by atoms with van der Waals surface area (Å²) in [6.07, 6.45) is -5.17. The van der Waals surface area contributed by atoms with Crippen molar-refractivity contribution in [3.05, 3.63) is 94.1 Å². The first-order chi connectivity index (χ1) is 26.2. The number of sulfonamides is 1. The first-order valence-corrected chi connectivity index (χ1v) is 18.7. The number of nitrogens with one attached hydrogen (secondary N) is 1. The number of primary amides is 1. The van der Waals surface area contributed by atoms with E-state index in [9.17, 15) is 40.3 Å². The number of alkyl halides is 5. The van der Waals surface area contributed by atoms with E-state index in [0.717, 1.165) is 18.4 Å². The largest absolute Gasteiger partial charge is 0.435 e. The number of aliphatic hydroxyl groups is 1. The summed E-state index contributed by atoms with van der Waals surface area (Å²) in [5.41, 5.74) is 8.37. The fourth-order valence-electron chi connectivity index (χ4n) is 7.53. The molecule has 0 saturated heterocycles. The molecule has 2 aromatic carbocycles. The average molecular weight is 805 g/mol. The first kappa shape index (κ1) is 38.7. The highest BCUT2D eigenvalue weighted by Gasteiger charge is 2.69. The molecule has 0 aliphatic heterocycles. The Morgan fingerprint density at radius 2 is 1.80 bits per heavy atom. The second-order valence-corrected chi connectivity index (χ2v) is 15.5. The maximum Gasteiger partial charge on any atom is 0.435 e. The molecule has 12 nitrogen and oxygen atoms in total. The lowest BCUT2D eigenvalue weighted by atomic mass is 9.84. The molecule has 294 valence electrons. The van der Waals surface area contributed by atoms with Gasteiger partial charge in [-0.15, -0.1) is 0 Å². The van der Waals surface area contributed by atoms with Gasteiger partial charge in [-0.1, -0.05) is 18.1 Å². The minimum absolute atomic E-state index is 0.0729. The Kier molecular flexibility index (Phi) is 9.41. The number of halogens is 7. The number of hydrogen-bond donors (Lipinski definition) is 4. The topological polar surface area (TPSA) is 184 Å². The van der Waals surface area contributed by atoms with Crippen molar-refractivity contribution < 1.29 is 49.1 Å². The van der Waals surface area contributed by atoms with Gasteiger partial charge in [-0.2, -0.15) is 32.1 Å². The van der Waals surface area contributed by atoms with Gasteiger partial charge < -0.3 is 16.6 Å². The van der Waals surface area contributed by atoms with Crippen LogP contribution in [0.1, 0.15) is 58.2 Å². The first-order valence-electron chi connectivity index (χ1n) is 16.8. The molecule has 3 heterocycles. The highest BCUT2D eigenvalue weighted by atomic mass is 32.2. The van der Waals surface area contributed by atoms with Crippen LogP contribution in [0, 0.1) is 29.4 Å². The molecule has 56 heavy (non-hydrogen) atoms. The number of hydrogen-bond acceptors (Lipinski definition) is 8. The second-order valence-electron chi connectivity index (χ2n) is 13.8. The van der Waals surface area contributed by atoms with Gasteiger partial charge in [0.1, 0.15) is 29.1 Å². The fourth-order valence-corrected chi connectivity index (χ4v) is 8.04. The third-order valence-corrected chi connectivity index (χ3v) is 10.3. The summed E-state index contributed by atoms with van der Waals surface area (Å²) in [6, 6.07) is 6.56. The van der Waals surface area contributed by atoms with Gasteiger partial charge in [-0.05, 0) is 60.6 Å². The average Bonchev–Trinajstić information content (AvgIpc) is 3.63. The standard InChI is InChI=1S/C36H31F7N8O4S/c1-50-29-22(4-3-5-23(29)34(48-50)49-56(2,54)55)21-9-8-20(7-6-19(44)15-52)46-28(21)25(12-16-10-17(37)13-18(38)11-16)30(33(45)53)51-32-27(31(47-51)36(41,42)43)24-14-26(24)35(32,39)40/h3-5,8-11,13,19,24-26,30,52H,12,14-15,44H2,1-2H3,(H2,45,53)(H,48,49)/t19-,24+,25-,26-,30?/m1/s1.